The van der Waals surface area contributed by atoms with E-state index in [0.717, 1.165) is 5.56 Å². The van der Waals surface area contributed by atoms with E-state index in [1.54, 1.807) is 19.3 Å². The summed E-state index contributed by atoms with van der Waals surface area (Å²) in [7, 11) is 0. The Morgan fingerprint density at radius 3 is 2.41 bits per heavy atom. The summed E-state index contributed by atoms with van der Waals surface area (Å²) < 4.78 is 0. The highest BCUT2D eigenvalue weighted by atomic mass is 16.4. The van der Waals surface area contributed by atoms with Crippen LogP contribution in [0.5, 0.6) is 0 Å². The highest BCUT2D eigenvalue weighted by molar-refractivity contribution is 5.72. The summed E-state index contributed by atoms with van der Waals surface area (Å²) in [6.45, 7) is 6.05. The molecule has 17 heavy (non-hydrogen) atoms. The molecule has 0 amide bonds. The van der Waals surface area contributed by atoms with Gasteiger partial charge >= 0.3 is 5.97 Å². The van der Waals surface area contributed by atoms with Crippen molar-refractivity contribution >= 4 is 11.9 Å². The third-order valence-electron chi connectivity index (χ3n) is 2.11. The maximum Gasteiger partial charge on any atom is 0.320 e. The van der Waals surface area contributed by atoms with Crippen molar-refractivity contribution in [3.8, 4) is 0 Å². The van der Waals surface area contributed by atoms with E-state index >= 15 is 0 Å². The van der Waals surface area contributed by atoms with Gasteiger partial charge in [-0.15, -0.1) is 0 Å². The number of anilines is 1. The molecule has 0 saturated heterocycles. The summed E-state index contributed by atoms with van der Waals surface area (Å²) >= 11 is 0. The van der Waals surface area contributed by atoms with Crippen LogP contribution in [-0.2, 0) is 11.3 Å². The van der Waals surface area contributed by atoms with Gasteiger partial charge in [-0.2, -0.15) is 0 Å². The molecule has 0 aliphatic rings. The van der Waals surface area contributed by atoms with E-state index in [4.69, 9.17) is 5.11 Å². The van der Waals surface area contributed by atoms with Crippen LogP contribution < -0.4 is 10.6 Å². The minimum atomic E-state index is -0.871. The number of aliphatic carboxylic acids is 1. The van der Waals surface area contributed by atoms with Crippen molar-refractivity contribution in [3.63, 3.8) is 0 Å². The van der Waals surface area contributed by atoms with E-state index in [1.165, 1.54) is 0 Å². The van der Waals surface area contributed by atoms with Crippen LogP contribution in [0.15, 0.2) is 12.4 Å². The van der Waals surface area contributed by atoms with Gasteiger partial charge in [0.1, 0.15) is 6.04 Å². The first-order valence-corrected chi connectivity index (χ1v) is 5.52. The molecular formula is C11H18N4O2. The van der Waals surface area contributed by atoms with Crippen LogP contribution in [0.4, 0.5) is 5.95 Å². The van der Waals surface area contributed by atoms with Gasteiger partial charge in [-0.1, -0.05) is 0 Å². The number of nitrogens with one attached hydrogen (secondary N) is 2. The van der Waals surface area contributed by atoms with E-state index in [1.807, 2.05) is 13.8 Å². The fraction of sp³-hybridized carbons (Fsp3) is 0.545. The summed E-state index contributed by atoms with van der Waals surface area (Å²) in [5, 5.41) is 14.6. The molecule has 0 aromatic carbocycles. The largest absolute Gasteiger partial charge is 0.480 e. The van der Waals surface area contributed by atoms with Crippen molar-refractivity contribution in [1.29, 1.82) is 0 Å². The second kappa shape index (κ2) is 6.15. The average Bonchev–Trinajstić information content (AvgIpc) is 2.26. The molecular weight excluding hydrogens is 220 g/mol. The highest BCUT2D eigenvalue weighted by Crippen LogP contribution is 2.02. The van der Waals surface area contributed by atoms with Crippen LogP contribution >= 0.6 is 0 Å². The zero-order valence-corrected chi connectivity index (χ0v) is 10.3. The number of carboxylic acids is 1. The number of hydrogen-bond acceptors (Lipinski definition) is 5. The Bertz CT molecular complexity index is 364. The zero-order valence-electron chi connectivity index (χ0n) is 10.3. The monoisotopic (exact) mass is 238 g/mol. The van der Waals surface area contributed by atoms with Crippen molar-refractivity contribution in [3.05, 3.63) is 18.0 Å². The number of rotatable bonds is 6. The summed E-state index contributed by atoms with van der Waals surface area (Å²) in [5.41, 5.74) is 0.854. The molecule has 1 aromatic heterocycles. The van der Waals surface area contributed by atoms with Crippen molar-refractivity contribution in [2.75, 3.05) is 5.32 Å². The van der Waals surface area contributed by atoms with Crippen molar-refractivity contribution in [2.45, 2.75) is 39.4 Å². The second-order valence-corrected chi connectivity index (χ2v) is 4.15. The van der Waals surface area contributed by atoms with E-state index in [0.29, 0.717) is 12.5 Å². The molecule has 0 aliphatic heterocycles. The molecule has 6 heteroatoms. The number of carbonyl (C=O) groups is 1. The molecule has 1 atom stereocenters. The lowest BCUT2D eigenvalue weighted by atomic mass is 10.3. The SMILES string of the molecule is CC(C)Nc1ncc(CN[C@@H](C)C(=O)O)cn1. The third kappa shape index (κ3) is 4.78. The molecule has 0 radical (unpaired) electrons. The molecule has 1 aromatic rings. The molecule has 0 bridgehead atoms. The van der Waals surface area contributed by atoms with Gasteiger partial charge < -0.3 is 15.7 Å². The lowest BCUT2D eigenvalue weighted by Gasteiger charge is -2.10. The molecule has 94 valence electrons. The number of carboxylic acid groups (broad SMARTS) is 1. The second-order valence-electron chi connectivity index (χ2n) is 4.15. The molecule has 0 saturated carbocycles. The topological polar surface area (TPSA) is 87.1 Å². The minimum absolute atomic E-state index is 0.283. The van der Waals surface area contributed by atoms with E-state index < -0.39 is 12.0 Å². The van der Waals surface area contributed by atoms with Crippen LogP contribution in [0.3, 0.4) is 0 Å². The van der Waals surface area contributed by atoms with Gasteiger partial charge in [0.05, 0.1) is 0 Å². The van der Waals surface area contributed by atoms with Crippen molar-refractivity contribution < 1.29 is 9.90 Å². The number of aromatic nitrogens is 2. The Hall–Kier alpha value is -1.69. The zero-order chi connectivity index (χ0) is 12.8. The summed E-state index contributed by atoms with van der Waals surface area (Å²) in [4.78, 5) is 18.9. The smallest absolute Gasteiger partial charge is 0.320 e. The minimum Gasteiger partial charge on any atom is -0.480 e. The van der Waals surface area contributed by atoms with Gasteiger partial charge in [0.25, 0.3) is 0 Å². The molecule has 0 fully saturated rings. The van der Waals surface area contributed by atoms with E-state index in [-0.39, 0.29) is 6.04 Å². The average molecular weight is 238 g/mol. The van der Waals surface area contributed by atoms with E-state index in [9.17, 15) is 4.79 Å². The summed E-state index contributed by atoms with van der Waals surface area (Å²) in [6.07, 6.45) is 3.36. The van der Waals surface area contributed by atoms with Crippen LogP contribution in [0.2, 0.25) is 0 Å². The van der Waals surface area contributed by atoms with Gasteiger partial charge in [-0.05, 0) is 20.8 Å². The predicted octanol–water partition coefficient (Wildman–Crippen LogP) is 0.860. The predicted molar refractivity (Wildman–Crippen MR) is 64.7 cm³/mol. The first kappa shape index (κ1) is 13.4. The molecule has 3 N–H and O–H groups in total. The standard InChI is InChI=1S/C11H18N4O2/c1-7(2)15-11-13-5-9(6-14-11)4-12-8(3)10(16)17/h5-8,12H,4H2,1-3H3,(H,16,17)(H,13,14,15)/t8-/m0/s1. The Kier molecular flexibility index (Phi) is 4.84. The van der Waals surface area contributed by atoms with Crippen LogP contribution in [0.25, 0.3) is 0 Å². The van der Waals surface area contributed by atoms with Crippen molar-refractivity contribution in [2.24, 2.45) is 0 Å². The highest BCUT2D eigenvalue weighted by Gasteiger charge is 2.09. The first-order chi connectivity index (χ1) is 7.99. The maximum atomic E-state index is 10.6. The molecule has 0 aliphatic carbocycles. The first-order valence-electron chi connectivity index (χ1n) is 5.52. The van der Waals surface area contributed by atoms with Gasteiger partial charge in [0.15, 0.2) is 0 Å². The lowest BCUT2D eigenvalue weighted by molar-refractivity contribution is -0.139. The molecule has 6 nitrogen and oxygen atoms in total. The normalized spacial score (nSPS) is 12.5. The van der Waals surface area contributed by atoms with Gasteiger partial charge in [0, 0.05) is 30.5 Å². The maximum absolute atomic E-state index is 10.6. The third-order valence-corrected chi connectivity index (χ3v) is 2.11. The Balaban J connectivity index is 2.48. The number of hydrogen-bond donors (Lipinski definition) is 3. The van der Waals surface area contributed by atoms with Gasteiger partial charge in [-0.3, -0.25) is 4.79 Å². The Morgan fingerprint density at radius 2 is 1.94 bits per heavy atom. The van der Waals surface area contributed by atoms with Crippen molar-refractivity contribution in [1.82, 2.24) is 15.3 Å². The van der Waals surface area contributed by atoms with E-state index in [2.05, 4.69) is 20.6 Å². The molecule has 0 spiro atoms. The van der Waals surface area contributed by atoms with Crippen LogP contribution in [-0.4, -0.2) is 33.1 Å². The molecule has 1 rings (SSSR count). The molecule has 0 unspecified atom stereocenters. The quantitative estimate of drug-likeness (QED) is 0.681. The van der Waals surface area contributed by atoms with Gasteiger partial charge in [-0.25, -0.2) is 9.97 Å². The molecule has 1 heterocycles. The summed E-state index contributed by atoms with van der Waals surface area (Å²) in [6, 6.07) is -0.297. The van der Waals surface area contributed by atoms with Crippen LogP contribution in [0.1, 0.15) is 26.3 Å². The fourth-order valence-corrected chi connectivity index (χ4v) is 1.14. The Morgan fingerprint density at radius 1 is 1.35 bits per heavy atom. The fourth-order valence-electron chi connectivity index (χ4n) is 1.14. The summed E-state index contributed by atoms with van der Waals surface area (Å²) in [5.74, 6) is -0.293. The number of nitrogens with zero attached hydrogens (tertiary/aromatic N) is 2. The van der Waals surface area contributed by atoms with Crippen LogP contribution in [0, 0.1) is 0 Å². The van der Waals surface area contributed by atoms with Gasteiger partial charge in [0.2, 0.25) is 5.95 Å². The Labute approximate surface area is 100 Å². The lowest BCUT2D eigenvalue weighted by Crippen LogP contribution is -2.33.